The minimum absolute atomic E-state index is 0.0829. The maximum atomic E-state index is 13.2. The van der Waals surface area contributed by atoms with Crippen molar-refractivity contribution < 1.29 is 4.79 Å². The number of hydrogen-bond acceptors (Lipinski definition) is 4. The van der Waals surface area contributed by atoms with Crippen LogP contribution in [0.25, 0.3) is 0 Å². The summed E-state index contributed by atoms with van der Waals surface area (Å²) in [5.41, 5.74) is 2.59. The third-order valence-electron chi connectivity index (χ3n) is 6.78. The van der Waals surface area contributed by atoms with Crippen LogP contribution in [0, 0.1) is 24.2 Å². The molecule has 130 valence electrons. The second-order valence-electron chi connectivity index (χ2n) is 8.58. The maximum Gasteiger partial charge on any atom is 0.269 e. The number of anilines is 1. The van der Waals surface area contributed by atoms with Crippen LogP contribution in [0.5, 0.6) is 0 Å². The maximum absolute atomic E-state index is 13.2. The van der Waals surface area contributed by atoms with Gasteiger partial charge in [-0.3, -0.25) is 10.1 Å². The second-order valence-corrected chi connectivity index (χ2v) is 8.58. The van der Waals surface area contributed by atoms with Crippen molar-refractivity contribution in [1.29, 1.82) is 0 Å². The quantitative estimate of drug-likeness (QED) is 0.902. The van der Waals surface area contributed by atoms with E-state index in [2.05, 4.69) is 57.1 Å². The molecule has 4 aliphatic carbocycles. The molecular formula is C19H23N5O. The van der Waals surface area contributed by atoms with E-state index in [0.717, 1.165) is 19.3 Å². The number of carbonyl (C=O) groups excluding carboxylic acids is 1. The number of benzene rings is 1. The number of H-pyrrole nitrogens is 1. The number of tetrazole rings is 1. The fraction of sp³-hybridized carbons (Fsp3) is 0.579. The highest BCUT2D eigenvalue weighted by molar-refractivity contribution is 5.94. The summed E-state index contributed by atoms with van der Waals surface area (Å²) in [7, 11) is 0. The molecule has 1 amide bonds. The Kier molecular flexibility index (Phi) is 3.09. The number of nitrogens with one attached hydrogen (secondary N) is 2. The van der Waals surface area contributed by atoms with Crippen molar-refractivity contribution >= 4 is 11.9 Å². The Morgan fingerprint density at radius 3 is 2.52 bits per heavy atom. The van der Waals surface area contributed by atoms with Gasteiger partial charge in [0.25, 0.3) is 5.95 Å². The molecule has 0 spiro atoms. The first-order chi connectivity index (χ1) is 12.1. The smallest absolute Gasteiger partial charge is 0.269 e. The molecule has 4 aliphatic rings. The fourth-order valence-corrected chi connectivity index (χ4v) is 6.22. The Balaban J connectivity index is 1.50. The molecule has 2 unspecified atom stereocenters. The van der Waals surface area contributed by atoms with Crippen LogP contribution in [0.4, 0.5) is 5.95 Å². The minimum Gasteiger partial charge on any atom is -0.291 e. The van der Waals surface area contributed by atoms with E-state index in [-0.39, 0.29) is 22.7 Å². The summed E-state index contributed by atoms with van der Waals surface area (Å²) in [5.74, 6) is 1.67. The third-order valence-corrected chi connectivity index (χ3v) is 6.78. The topological polar surface area (TPSA) is 83.6 Å². The lowest BCUT2D eigenvalue weighted by atomic mass is 9.42. The first kappa shape index (κ1) is 15.0. The molecule has 0 aliphatic heterocycles. The Morgan fingerprint density at radius 2 is 1.88 bits per heavy atom. The van der Waals surface area contributed by atoms with E-state index in [1.54, 1.807) is 0 Å². The van der Waals surface area contributed by atoms with Gasteiger partial charge in [0.15, 0.2) is 0 Å². The highest BCUT2D eigenvalue weighted by atomic mass is 16.2. The standard InChI is InChI=1S/C19H23N5O/c1-12-2-4-15(5-3-12)18-7-13-6-14(8-18)10-19(9-13,11-18)16(25)20-17-21-23-24-22-17/h2-5,13-14H,6-11H2,1H3,(H2,20,21,22,23,24,25). The molecule has 1 heterocycles. The van der Waals surface area contributed by atoms with Crippen LogP contribution >= 0.6 is 0 Å². The zero-order valence-corrected chi connectivity index (χ0v) is 14.5. The normalized spacial score (nSPS) is 35.7. The van der Waals surface area contributed by atoms with Crippen LogP contribution in [0.2, 0.25) is 0 Å². The van der Waals surface area contributed by atoms with Gasteiger partial charge < -0.3 is 0 Å². The molecular weight excluding hydrogens is 314 g/mol. The number of carbonyl (C=O) groups is 1. The summed E-state index contributed by atoms with van der Waals surface area (Å²) >= 11 is 0. The molecule has 1 aromatic heterocycles. The van der Waals surface area contributed by atoms with Gasteiger partial charge in [-0.2, -0.15) is 5.21 Å². The molecule has 4 bridgehead atoms. The molecule has 1 aromatic carbocycles. The van der Waals surface area contributed by atoms with E-state index in [4.69, 9.17) is 0 Å². The summed E-state index contributed by atoms with van der Waals surface area (Å²) < 4.78 is 0. The van der Waals surface area contributed by atoms with Crippen molar-refractivity contribution in [2.24, 2.45) is 17.3 Å². The van der Waals surface area contributed by atoms with Crippen LogP contribution in [0.3, 0.4) is 0 Å². The monoisotopic (exact) mass is 337 g/mol. The van der Waals surface area contributed by atoms with E-state index >= 15 is 0 Å². The Bertz CT molecular complexity index is 784. The summed E-state index contributed by atoms with van der Waals surface area (Å²) in [6, 6.07) is 8.99. The number of aromatic nitrogens is 4. The van der Waals surface area contributed by atoms with Gasteiger partial charge in [0, 0.05) is 0 Å². The average molecular weight is 337 g/mol. The zero-order valence-electron chi connectivity index (χ0n) is 14.5. The molecule has 2 atom stereocenters. The number of amides is 1. The van der Waals surface area contributed by atoms with Gasteiger partial charge in [-0.15, -0.1) is 5.10 Å². The van der Waals surface area contributed by atoms with E-state index in [0.29, 0.717) is 11.8 Å². The van der Waals surface area contributed by atoms with Gasteiger partial charge in [-0.1, -0.05) is 34.9 Å². The minimum atomic E-state index is -0.282. The molecule has 0 radical (unpaired) electrons. The first-order valence-corrected chi connectivity index (χ1v) is 9.19. The first-order valence-electron chi connectivity index (χ1n) is 9.19. The van der Waals surface area contributed by atoms with Crippen LogP contribution in [0.15, 0.2) is 24.3 Å². The Morgan fingerprint density at radius 1 is 1.16 bits per heavy atom. The van der Waals surface area contributed by atoms with Crippen molar-refractivity contribution in [3.63, 3.8) is 0 Å². The predicted octanol–water partition coefficient (Wildman–Crippen LogP) is 2.98. The van der Waals surface area contributed by atoms with E-state index < -0.39 is 0 Å². The van der Waals surface area contributed by atoms with E-state index in [1.807, 2.05) is 0 Å². The van der Waals surface area contributed by atoms with Gasteiger partial charge in [-0.25, -0.2) is 0 Å². The molecule has 6 heteroatoms. The summed E-state index contributed by atoms with van der Waals surface area (Å²) in [4.78, 5) is 13.2. The highest BCUT2D eigenvalue weighted by Crippen LogP contribution is 2.65. The average Bonchev–Trinajstić information content (AvgIpc) is 3.07. The molecule has 2 aromatic rings. The molecule has 4 fully saturated rings. The lowest BCUT2D eigenvalue weighted by molar-refractivity contribution is -0.143. The van der Waals surface area contributed by atoms with Crippen molar-refractivity contribution in [2.75, 3.05) is 5.32 Å². The Hall–Kier alpha value is -2.24. The van der Waals surface area contributed by atoms with Gasteiger partial charge in [0.05, 0.1) is 5.41 Å². The van der Waals surface area contributed by atoms with Crippen LogP contribution in [0.1, 0.15) is 49.7 Å². The fourth-order valence-electron chi connectivity index (χ4n) is 6.22. The predicted molar refractivity (Wildman–Crippen MR) is 92.8 cm³/mol. The lowest BCUT2D eigenvalue weighted by Gasteiger charge is -2.61. The molecule has 0 saturated heterocycles. The molecule has 25 heavy (non-hydrogen) atoms. The SMILES string of the molecule is Cc1ccc(C23CC4CC(CC(C(=O)Nc5nn[nH]n5)(C4)C2)C3)cc1. The van der Waals surface area contributed by atoms with Crippen molar-refractivity contribution in [1.82, 2.24) is 20.6 Å². The number of aryl methyl sites for hydroxylation is 1. The largest absolute Gasteiger partial charge is 0.291 e. The van der Waals surface area contributed by atoms with E-state index in [1.165, 1.54) is 30.4 Å². The highest BCUT2D eigenvalue weighted by Gasteiger charge is 2.61. The summed E-state index contributed by atoms with van der Waals surface area (Å²) in [5, 5.41) is 16.6. The molecule has 2 N–H and O–H groups in total. The van der Waals surface area contributed by atoms with Crippen LogP contribution < -0.4 is 5.32 Å². The van der Waals surface area contributed by atoms with Crippen LogP contribution in [-0.4, -0.2) is 26.5 Å². The summed E-state index contributed by atoms with van der Waals surface area (Å²) in [6.45, 7) is 2.13. The van der Waals surface area contributed by atoms with Gasteiger partial charge >= 0.3 is 0 Å². The van der Waals surface area contributed by atoms with Crippen molar-refractivity contribution in [2.45, 2.75) is 50.9 Å². The van der Waals surface area contributed by atoms with Crippen molar-refractivity contribution in [3.05, 3.63) is 35.4 Å². The molecule has 4 saturated carbocycles. The van der Waals surface area contributed by atoms with Gasteiger partial charge in [0.1, 0.15) is 0 Å². The van der Waals surface area contributed by atoms with Gasteiger partial charge in [-0.05, 0) is 73.5 Å². The number of hydrogen-bond donors (Lipinski definition) is 2. The Labute approximate surface area is 146 Å². The number of rotatable bonds is 3. The molecule has 6 nitrogen and oxygen atoms in total. The second kappa shape index (κ2) is 5.13. The van der Waals surface area contributed by atoms with E-state index in [9.17, 15) is 4.79 Å². The number of aromatic amines is 1. The summed E-state index contributed by atoms with van der Waals surface area (Å²) in [6.07, 6.45) is 6.68. The van der Waals surface area contributed by atoms with Crippen LogP contribution in [-0.2, 0) is 10.2 Å². The van der Waals surface area contributed by atoms with Gasteiger partial charge in [0.2, 0.25) is 5.91 Å². The van der Waals surface area contributed by atoms with Crippen molar-refractivity contribution in [3.8, 4) is 0 Å². The third kappa shape index (κ3) is 2.30. The zero-order chi connectivity index (χ0) is 17.1. The number of nitrogens with zero attached hydrogens (tertiary/aromatic N) is 3. The molecule has 6 rings (SSSR count). The lowest BCUT2D eigenvalue weighted by Crippen LogP contribution is -2.58.